The van der Waals surface area contributed by atoms with E-state index in [1.807, 2.05) is 30.3 Å². The highest BCUT2D eigenvalue weighted by atomic mass is 79.9. The van der Waals surface area contributed by atoms with Gasteiger partial charge in [0.25, 0.3) is 0 Å². The molecule has 2 atom stereocenters. The van der Waals surface area contributed by atoms with E-state index in [1.54, 1.807) is 0 Å². The second-order valence-electron chi connectivity index (χ2n) is 4.74. The largest absolute Gasteiger partial charge is 0.206 e. The number of alkyl halides is 1. The highest BCUT2D eigenvalue weighted by Crippen LogP contribution is 2.33. The Hall–Kier alpha value is -0.670. The van der Waals surface area contributed by atoms with Crippen LogP contribution in [0.1, 0.15) is 22.9 Å². The lowest BCUT2D eigenvalue weighted by Gasteiger charge is -2.19. The van der Waals surface area contributed by atoms with Crippen LogP contribution >= 0.6 is 31.9 Å². The van der Waals surface area contributed by atoms with Crippen LogP contribution in [0.3, 0.4) is 0 Å². The van der Waals surface area contributed by atoms with E-state index in [2.05, 4.69) is 50.9 Å². The predicted molar refractivity (Wildman–Crippen MR) is 85.1 cm³/mol. The molecule has 2 rings (SSSR count). The van der Waals surface area contributed by atoms with Gasteiger partial charge in [-0.15, -0.1) is 0 Å². The molecule has 0 saturated carbocycles. The smallest absolute Gasteiger partial charge is 0.137 e. The van der Waals surface area contributed by atoms with Crippen molar-refractivity contribution in [1.29, 1.82) is 0 Å². The third kappa shape index (κ3) is 3.90. The molecule has 0 nitrogen and oxygen atoms in total. The van der Waals surface area contributed by atoms with Gasteiger partial charge in [0, 0.05) is 4.83 Å². The van der Waals surface area contributed by atoms with E-state index in [4.69, 9.17) is 0 Å². The molecule has 0 heterocycles. The Morgan fingerprint density at radius 2 is 1.79 bits per heavy atom. The van der Waals surface area contributed by atoms with Crippen LogP contribution in [0, 0.1) is 11.7 Å². The molecule has 0 radical (unpaired) electrons. The third-order valence-corrected chi connectivity index (χ3v) is 5.20. The zero-order valence-electron chi connectivity index (χ0n) is 10.6. The van der Waals surface area contributed by atoms with Crippen molar-refractivity contribution >= 4 is 31.9 Å². The molecule has 0 aliphatic heterocycles. The zero-order chi connectivity index (χ0) is 13.8. The summed E-state index contributed by atoms with van der Waals surface area (Å²) in [6, 6.07) is 15.6. The fourth-order valence-corrected chi connectivity index (χ4v) is 3.03. The van der Waals surface area contributed by atoms with Crippen molar-refractivity contribution in [3.63, 3.8) is 0 Å². The third-order valence-electron chi connectivity index (χ3n) is 3.16. The number of rotatable bonds is 4. The molecule has 0 saturated heterocycles. The van der Waals surface area contributed by atoms with Gasteiger partial charge < -0.3 is 0 Å². The van der Waals surface area contributed by atoms with Gasteiger partial charge in [-0.05, 0) is 51.5 Å². The maximum atomic E-state index is 13.2. The molecule has 0 aromatic heterocycles. The Balaban J connectivity index is 2.08. The number of hydrogen-bond donors (Lipinski definition) is 0. The second kappa shape index (κ2) is 6.67. The second-order valence-corrected chi connectivity index (χ2v) is 6.58. The molecule has 100 valence electrons. The van der Waals surface area contributed by atoms with Gasteiger partial charge in [-0.1, -0.05) is 59.3 Å². The standard InChI is InChI=1S/C16H15Br2F/c1-11(16(18)13-5-3-2-4-6-13)9-12-7-8-15(19)14(17)10-12/h2-8,10-11,16H,9H2,1H3. The Morgan fingerprint density at radius 1 is 1.11 bits per heavy atom. The van der Waals surface area contributed by atoms with Gasteiger partial charge in [0.15, 0.2) is 0 Å². The first-order valence-electron chi connectivity index (χ1n) is 6.21. The summed E-state index contributed by atoms with van der Waals surface area (Å²) in [7, 11) is 0. The first-order chi connectivity index (χ1) is 9.08. The molecule has 0 aliphatic carbocycles. The Kier molecular flexibility index (Phi) is 5.17. The highest BCUT2D eigenvalue weighted by Gasteiger charge is 2.16. The molecule has 2 aromatic rings. The van der Waals surface area contributed by atoms with Gasteiger partial charge in [0.05, 0.1) is 4.47 Å². The van der Waals surface area contributed by atoms with Gasteiger partial charge in [0.1, 0.15) is 5.82 Å². The van der Waals surface area contributed by atoms with Gasteiger partial charge in [0.2, 0.25) is 0 Å². The average molecular weight is 386 g/mol. The van der Waals surface area contributed by atoms with E-state index < -0.39 is 0 Å². The van der Waals surface area contributed by atoms with Crippen LogP contribution in [0.2, 0.25) is 0 Å². The maximum absolute atomic E-state index is 13.2. The van der Waals surface area contributed by atoms with Crippen LogP contribution in [0.5, 0.6) is 0 Å². The number of halogens is 3. The lowest BCUT2D eigenvalue weighted by molar-refractivity contribution is 0.569. The first kappa shape index (κ1) is 14.7. The average Bonchev–Trinajstić information content (AvgIpc) is 2.43. The van der Waals surface area contributed by atoms with E-state index in [0.717, 1.165) is 12.0 Å². The van der Waals surface area contributed by atoms with E-state index in [1.165, 1.54) is 11.6 Å². The Morgan fingerprint density at radius 3 is 2.42 bits per heavy atom. The van der Waals surface area contributed by atoms with Crippen molar-refractivity contribution < 1.29 is 4.39 Å². The Bertz CT molecular complexity index is 540. The summed E-state index contributed by atoms with van der Waals surface area (Å²) in [5.74, 6) is 0.217. The van der Waals surface area contributed by atoms with E-state index in [-0.39, 0.29) is 5.82 Å². The van der Waals surface area contributed by atoms with E-state index in [9.17, 15) is 4.39 Å². The summed E-state index contributed by atoms with van der Waals surface area (Å²) in [5, 5.41) is 0. The number of benzene rings is 2. The molecule has 19 heavy (non-hydrogen) atoms. The first-order valence-corrected chi connectivity index (χ1v) is 7.91. The molecule has 0 N–H and O–H groups in total. The van der Waals surface area contributed by atoms with Crippen molar-refractivity contribution in [3.8, 4) is 0 Å². The van der Waals surface area contributed by atoms with Crippen molar-refractivity contribution in [1.82, 2.24) is 0 Å². The molecule has 0 bridgehead atoms. The monoisotopic (exact) mass is 384 g/mol. The lowest BCUT2D eigenvalue weighted by atomic mass is 9.94. The topological polar surface area (TPSA) is 0 Å². The van der Waals surface area contributed by atoms with E-state index in [0.29, 0.717) is 15.2 Å². The summed E-state index contributed by atoms with van der Waals surface area (Å²) in [5.41, 5.74) is 2.41. The van der Waals surface area contributed by atoms with Crippen LogP contribution in [0.4, 0.5) is 4.39 Å². The zero-order valence-corrected chi connectivity index (χ0v) is 13.8. The predicted octanol–water partition coefficient (Wildman–Crippen LogP) is 5.90. The highest BCUT2D eigenvalue weighted by molar-refractivity contribution is 9.10. The van der Waals surface area contributed by atoms with Gasteiger partial charge >= 0.3 is 0 Å². The number of hydrogen-bond acceptors (Lipinski definition) is 0. The summed E-state index contributed by atoms with van der Waals surface area (Å²) in [4.78, 5) is 0.303. The van der Waals surface area contributed by atoms with Crippen LogP contribution in [-0.4, -0.2) is 0 Å². The lowest BCUT2D eigenvalue weighted by Crippen LogP contribution is -2.07. The van der Waals surface area contributed by atoms with Gasteiger partial charge in [-0.25, -0.2) is 4.39 Å². The Labute approximate surface area is 130 Å². The van der Waals surface area contributed by atoms with E-state index >= 15 is 0 Å². The molecule has 0 aliphatic rings. The molecule has 2 unspecified atom stereocenters. The summed E-state index contributed by atoms with van der Waals surface area (Å²) in [6.45, 7) is 2.20. The minimum absolute atomic E-state index is 0.213. The van der Waals surface area contributed by atoms with Crippen molar-refractivity contribution in [2.24, 2.45) is 5.92 Å². The van der Waals surface area contributed by atoms with Crippen molar-refractivity contribution in [2.45, 2.75) is 18.2 Å². The molecule has 0 spiro atoms. The summed E-state index contributed by atoms with van der Waals surface area (Å²) < 4.78 is 13.7. The maximum Gasteiger partial charge on any atom is 0.137 e. The van der Waals surface area contributed by atoms with Crippen LogP contribution < -0.4 is 0 Å². The molecule has 0 amide bonds. The SMILES string of the molecule is CC(Cc1ccc(F)c(Br)c1)C(Br)c1ccccc1. The quantitative estimate of drug-likeness (QED) is 0.574. The summed E-state index contributed by atoms with van der Waals surface area (Å²) in [6.07, 6.45) is 0.906. The minimum Gasteiger partial charge on any atom is -0.206 e. The van der Waals surface area contributed by atoms with Gasteiger partial charge in [-0.2, -0.15) is 0 Å². The fraction of sp³-hybridized carbons (Fsp3) is 0.250. The molecular formula is C16H15Br2F. The van der Waals surface area contributed by atoms with Crippen LogP contribution in [0.25, 0.3) is 0 Å². The van der Waals surface area contributed by atoms with Gasteiger partial charge in [-0.3, -0.25) is 0 Å². The van der Waals surface area contributed by atoms with Crippen LogP contribution in [0.15, 0.2) is 53.0 Å². The molecular weight excluding hydrogens is 371 g/mol. The van der Waals surface area contributed by atoms with Crippen molar-refractivity contribution in [3.05, 3.63) is 69.9 Å². The summed E-state index contributed by atoms with van der Waals surface area (Å²) >= 11 is 6.99. The normalized spacial score (nSPS) is 14.1. The molecule has 3 heteroatoms. The van der Waals surface area contributed by atoms with Crippen LogP contribution in [-0.2, 0) is 6.42 Å². The fourth-order valence-electron chi connectivity index (χ4n) is 2.11. The minimum atomic E-state index is -0.213. The van der Waals surface area contributed by atoms with Crippen molar-refractivity contribution in [2.75, 3.05) is 0 Å². The molecule has 0 fully saturated rings. The molecule has 2 aromatic carbocycles.